The molecule has 0 aromatic carbocycles. The summed E-state index contributed by atoms with van der Waals surface area (Å²) in [5, 5.41) is 3.41. The molecule has 4 heteroatoms. The molecule has 1 N–H and O–H groups in total. The summed E-state index contributed by atoms with van der Waals surface area (Å²) in [6.45, 7) is 3.11. The Hall–Kier alpha value is -0.540. The van der Waals surface area contributed by atoms with Crippen molar-refractivity contribution in [1.82, 2.24) is 14.9 Å². The lowest BCUT2D eigenvalue weighted by molar-refractivity contribution is 0.532. The van der Waals surface area contributed by atoms with Crippen molar-refractivity contribution in [1.29, 1.82) is 0 Å². The first kappa shape index (κ1) is 11.5. The van der Waals surface area contributed by atoms with Crippen molar-refractivity contribution >= 4 is 11.6 Å². The minimum Gasteiger partial charge on any atom is -0.338 e. The van der Waals surface area contributed by atoms with Crippen LogP contribution < -0.4 is 5.32 Å². The predicted molar refractivity (Wildman–Crippen MR) is 59.7 cm³/mol. The number of aromatic nitrogens is 2. The molecule has 3 nitrogen and oxygen atoms in total. The van der Waals surface area contributed by atoms with Gasteiger partial charge in [0.2, 0.25) is 0 Å². The number of halogens is 1. The molecule has 0 radical (unpaired) electrons. The van der Waals surface area contributed by atoms with E-state index in [0.717, 1.165) is 31.1 Å². The Labute approximate surface area is 90.5 Å². The summed E-state index contributed by atoms with van der Waals surface area (Å²) < 4.78 is 2.05. The van der Waals surface area contributed by atoms with Crippen LogP contribution in [0.1, 0.15) is 19.2 Å². The molecule has 1 atom stereocenters. The maximum Gasteiger partial charge on any atom is 0.109 e. The molecule has 0 aliphatic carbocycles. The highest BCUT2D eigenvalue weighted by Gasteiger charge is 2.01. The van der Waals surface area contributed by atoms with Crippen LogP contribution in [-0.4, -0.2) is 28.0 Å². The van der Waals surface area contributed by atoms with Crippen LogP contribution in [0.4, 0.5) is 0 Å². The number of nitrogens with zero attached hydrogens (tertiary/aromatic N) is 2. The van der Waals surface area contributed by atoms with Gasteiger partial charge in [0.25, 0.3) is 0 Å². The van der Waals surface area contributed by atoms with Gasteiger partial charge in [-0.05, 0) is 13.3 Å². The van der Waals surface area contributed by atoms with Crippen molar-refractivity contribution in [2.24, 2.45) is 7.05 Å². The van der Waals surface area contributed by atoms with Crippen LogP contribution in [0, 0.1) is 0 Å². The van der Waals surface area contributed by atoms with Gasteiger partial charge < -0.3 is 9.88 Å². The molecule has 1 heterocycles. The van der Waals surface area contributed by atoms with Gasteiger partial charge in [0.1, 0.15) is 5.82 Å². The summed E-state index contributed by atoms with van der Waals surface area (Å²) >= 11 is 5.64. The topological polar surface area (TPSA) is 29.9 Å². The van der Waals surface area contributed by atoms with Crippen LogP contribution in [0.15, 0.2) is 12.4 Å². The number of rotatable bonds is 6. The van der Waals surface area contributed by atoms with Crippen molar-refractivity contribution in [3.63, 3.8) is 0 Å². The Morgan fingerprint density at radius 3 is 3.00 bits per heavy atom. The quantitative estimate of drug-likeness (QED) is 0.731. The fraction of sp³-hybridized carbons (Fsp3) is 0.700. The van der Waals surface area contributed by atoms with Crippen molar-refractivity contribution in [3.8, 4) is 0 Å². The number of alkyl halides is 1. The Morgan fingerprint density at radius 2 is 2.43 bits per heavy atom. The highest BCUT2D eigenvalue weighted by atomic mass is 35.5. The van der Waals surface area contributed by atoms with Crippen LogP contribution in [0.5, 0.6) is 0 Å². The van der Waals surface area contributed by atoms with Crippen LogP contribution in [0.2, 0.25) is 0 Å². The second kappa shape index (κ2) is 6.04. The average Bonchev–Trinajstić information content (AvgIpc) is 2.52. The van der Waals surface area contributed by atoms with Crippen LogP contribution >= 0.6 is 11.6 Å². The molecular weight excluding hydrogens is 198 g/mol. The minimum absolute atomic E-state index is 0.493. The maximum absolute atomic E-state index is 5.64. The van der Waals surface area contributed by atoms with Crippen molar-refractivity contribution in [3.05, 3.63) is 18.2 Å². The molecule has 0 saturated heterocycles. The Kier molecular flexibility index (Phi) is 4.98. The largest absolute Gasteiger partial charge is 0.338 e. The normalized spacial score (nSPS) is 13.1. The molecule has 0 aliphatic heterocycles. The summed E-state index contributed by atoms with van der Waals surface area (Å²) in [5.74, 6) is 1.84. The highest BCUT2D eigenvalue weighted by molar-refractivity contribution is 6.17. The van der Waals surface area contributed by atoms with Gasteiger partial charge in [0, 0.05) is 44.3 Å². The fourth-order valence-corrected chi connectivity index (χ4v) is 1.66. The second-order valence-corrected chi connectivity index (χ2v) is 3.92. The molecule has 1 aromatic heterocycles. The van der Waals surface area contributed by atoms with E-state index in [1.807, 2.05) is 24.0 Å². The third-order valence-electron chi connectivity index (χ3n) is 2.30. The molecule has 0 aliphatic rings. The Morgan fingerprint density at radius 1 is 1.64 bits per heavy atom. The number of hydrogen-bond acceptors (Lipinski definition) is 2. The zero-order valence-electron chi connectivity index (χ0n) is 8.83. The maximum atomic E-state index is 5.64. The van der Waals surface area contributed by atoms with Gasteiger partial charge in [0.05, 0.1) is 0 Å². The van der Waals surface area contributed by atoms with Crippen molar-refractivity contribution in [2.75, 3.05) is 12.4 Å². The Bertz CT molecular complexity index is 260. The van der Waals surface area contributed by atoms with Crippen molar-refractivity contribution in [2.45, 2.75) is 25.8 Å². The number of hydrogen-bond donors (Lipinski definition) is 1. The monoisotopic (exact) mass is 215 g/mol. The highest BCUT2D eigenvalue weighted by Crippen LogP contribution is 1.96. The summed E-state index contributed by atoms with van der Waals surface area (Å²) in [7, 11) is 2.02. The van der Waals surface area contributed by atoms with E-state index in [1.165, 1.54) is 0 Å². The molecular formula is C10H18ClN3. The van der Waals surface area contributed by atoms with Gasteiger partial charge in [0.15, 0.2) is 0 Å². The van der Waals surface area contributed by atoms with E-state index in [2.05, 4.69) is 17.2 Å². The molecule has 1 unspecified atom stereocenters. The molecule has 0 spiro atoms. The molecule has 0 bridgehead atoms. The molecule has 80 valence electrons. The molecule has 1 rings (SSSR count). The van der Waals surface area contributed by atoms with Gasteiger partial charge in [-0.3, -0.25) is 0 Å². The van der Waals surface area contributed by atoms with Gasteiger partial charge in [-0.2, -0.15) is 0 Å². The third-order valence-corrected chi connectivity index (χ3v) is 2.52. The van der Waals surface area contributed by atoms with E-state index < -0.39 is 0 Å². The summed E-state index contributed by atoms with van der Waals surface area (Å²) in [6.07, 6.45) is 5.79. The summed E-state index contributed by atoms with van der Waals surface area (Å²) in [6, 6.07) is 0.493. The minimum atomic E-state index is 0.493. The lowest BCUT2D eigenvalue weighted by Gasteiger charge is -2.11. The number of aryl methyl sites for hydroxylation is 1. The standard InChI is InChI=1S/C10H18ClN3/c1-9(3-5-11)12-6-4-10-13-7-8-14(10)2/h7-9,12H,3-6H2,1-2H3. The van der Waals surface area contributed by atoms with Crippen LogP contribution in [0.3, 0.4) is 0 Å². The number of nitrogens with one attached hydrogen (secondary N) is 1. The first-order chi connectivity index (χ1) is 6.74. The smallest absolute Gasteiger partial charge is 0.109 e. The van der Waals surface area contributed by atoms with Crippen LogP contribution in [0.25, 0.3) is 0 Å². The average molecular weight is 216 g/mol. The Balaban J connectivity index is 2.19. The van der Waals surface area contributed by atoms with E-state index in [-0.39, 0.29) is 0 Å². The number of imidazole rings is 1. The lowest BCUT2D eigenvalue weighted by atomic mass is 10.2. The summed E-state index contributed by atoms with van der Waals surface area (Å²) in [4.78, 5) is 4.26. The van der Waals surface area contributed by atoms with E-state index in [9.17, 15) is 0 Å². The molecule has 1 aromatic rings. The first-order valence-corrected chi connectivity index (χ1v) is 5.53. The first-order valence-electron chi connectivity index (χ1n) is 4.99. The van der Waals surface area contributed by atoms with E-state index in [4.69, 9.17) is 11.6 Å². The molecule has 0 saturated carbocycles. The van der Waals surface area contributed by atoms with Gasteiger partial charge >= 0.3 is 0 Å². The second-order valence-electron chi connectivity index (χ2n) is 3.54. The molecule has 14 heavy (non-hydrogen) atoms. The van der Waals surface area contributed by atoms with E-state index in [0.29, 0.717) is 6.04 Å². The third kappa shape index (κ3) is 3.68. The predicted octanol–water partition coefficient (Wildman–Crippen LogP) is 1.57. The lowest BCUT2D eigenvalue weighted by Crippen LogP contribution is -2.28. The zero-order valence-corrected chi connectivity index (χ0v) is 9.59. The van der Waals surface area contributed by atoms with E-state index >= 15 is 0 Å². The van der Waals surface area contributed by atoms with Gasteiger partial charge in [-0.15, -0.1) is 11.6 Å². The van der Waals surface area contributed by atoms with Crippen LogP contribution in [-0.2, 0) is 13.5 Å². The molecule has 0 fully saturated rings. The zero-order chi connectivity index (χ0) is 10.4. The molecule has 0 amide bonds. The summed E-state index contributed by atoms with van der Waals surface area (Å²) in [5.41, 5.74) is 0. The van der Waals surface area contributed by atoms with Crippen molar-refractivity contribution < 1.29 is 0 Å². The SMILES string of the molecule is CC(CCCl)NCCc1nccn1C. The van der Waals surface area contributed by atoms with Gasteiger partial charge in [-0.25, -0.2) is 4.98 Å². The van der Waals surface area contributed by atoms with Gasteiger partial charge in [-0.1, -0.05) is 0 Å². The fourth-order valence-electron chi connectivity index (χ4n) is 1.33. The van der Waals surface area contributed by atoms with E-state index in [1.54, 1.807) is 0 Å².